The number of ether oxygens (including phenoxy) is 2. The highest BCUT2D eigenvalue weighted by Crippen LogP contribution is 2.34. The quantitative estimate of drug-likeness (QED) is 0.741. The molecule has 0 bridgehead atoms. The van der Waals surface area contributed by atoms with Crippen LogP contribution in [-0.4, -0.2) is 28.0 Å². The van der Waals surface area contributed by atoms with E-state index in [1.54, 1.807) is 24.2 Å². The van der Waals surface area contributed by atoms with Crippen molar-refractivity contribution in [3.05, 3.63) is 65.6 Å². The summed E-state index contributed by atoms with van der Waals surface area (Å²) >= 11 is 0. The minimum Gasteiger partial charge on any atom is -0.496 e. The lowest BCUT2D eigenvalue weighted by atomic mass is 10.1. The van der Waals surface area contributed by atoms with Gasteiger partial charge in [0, 0.05) is 54.8 Å². The maximum absolute atomic E-state index is 5.87. The highest BCUT2D eigenvalue weighted by atomic mass is 16.5. The molecule has 1 aromatic carbocycles. The third kappa shape index (κ3) is 3.28. The summed E-state index contributed by atoms with van der Waals surface area (Å²) in [6.07, 6.45) is 6.59. The van der Waals surface area contributed by atoms with Crippen LogP contribution in [0.2, 0.25) is 0 Å². The van der Waals surface area contributed by atoms with Gasteiger partial charge in [0.2, 0.25) is 0 Å². The Morgan fingerprint density at radius 2 is 2.12 bits per heavy atom. The average molecular weight is 350 g/mol. The molecule has 3 aromatic rings. The number of aromatic nitrogens is 3. The molecule has 6 nitrogen and oxygen atoms in total. The molecule has 0 amide bonds. The Labute approximate surface area is 152 Å². The summed E-state index contributed by atoms with van der Waals surface area (Å²) in [6.45, 7) is 3.45. The molecule has 0 radical (unpaired) electrons. The van der Waals surface area contributed by atoms with E-state index in [2.05, 4.69) is 40.5 Å². The van der Waals surface area contributed by atoms with Crippen LogP contribution in [0, 0.1) is 0 Å². The SMILES string of the molecule is COc1cc2c(cc1CNCc1cccnc1-n1cccn1)O[C@H](C)C2. The molecule has 0 saturated carbocycles. The molecule has 3 heterocycles. The molecule has 26 heavy (non-hydrogen) atoms. The standard InChI is InChI=1S/C20H22N4O2/c1-14-9-16-10-18(25-2)17(11-19(16)26-14)13-21-12-15-5-3-6-22-20(15)24-8-4-7-23-24/h3-8,10-11,14,21H,9,12-13H2,1-2H3/t14-/m1/s1. The van der Waals surface area contributed by atoms with E-state index in [9.17, 15) is 0 Å². The summed E-state index contributed by atoms with van der Waals surface area (Å²) in [5.74, 6) is 2.70. The number of hydrogen-bond donors (Lipinski definition) is 1. The van der Waals surface area contributed by atoms with E-state index >= 15 is 0 Å². The fraction of sp³-hybridized carbons (Fsp3) is 0.300. The van der Waals surface area contributed by atoms with Crippen LogP contribution >= 0.6 is 0 Å². The Morgan fingerprint density at radius 3 is 2.92 bits per heavy atom. The molecule has 0 spiro atoms. The van der Waals surface area contributed by atoms with Gasteiger partial charge in [0.05, 0.1) is 7.11 Å². The first-order valence-corrected chi connectivity index (χ1v) is 8.75. The van der Waals surface area contributed by atoms with Gasteiger partial charge in [-0.05, 0) is 31.2 Å². The molecular weight excluding hydrogens is 328 g/mol. The van der Waals surface area contributed by atoms with Crippen molar-refractivity contribution in [2.45, 2.75) is 32.5 Å². The third-order valence-corrected chi connectivity index (χ3v) is 4.52. The lowest BCUT2D eigenvalue weighted by molar-refractivity contribution is 0.254. The normalized spacial score (nSPS) is 15.5. The Kier molecular flexibility index (Phi) is 4.58. The predicted octanol–water partition coefficient (Wildman–Crippen LogP) is 2.89. The number of hydrogen-bond acceptors (Lipinski definition) is 5. The highest BCUT2D eigenvalue weighted by molar-refractivity contribution is 5.48. The second kappa shape index (κ2) is 7.17. The second-order valence-corrected chi connectivity index (χ2v) is 6.44. The van der Waals surface area contributed by atoms with Crippen molar-refractivity contribution in [2.24, 2.45) is 0 Å². The fourth-order valence-corrected chi connectivity index (χ4v) is 3.31. The monoisotopic (exact) mass is 350 g/mol. The number of nitrogens with zero attached hydrogens (tertiary/aromatic N) is 3. The summed E-state index contributed by atoms with van der Waals surface area (Å²) in [5.41, 5.74) is 3.39. The van der Waals surface area contributed by atoms with E-state index in [1.807, 2.05) is 18.3 Å². The van der Waals surface area contributed by atoms with E-state index in [0.29, 0.717) is 13.1 Å². The Balaban J connectivity index is 1.49. The molecule has 0 fully saturated rings. The molecular formula is C20H22N4O2. The molecule has 2 aromatic heterocycles. The van der Waals surface area contributed by atoms with Crippen molar-refractivity contribution in [3.63, 3.8) is 0 Å². The molecule has 1 aliphatic heterocycles. The van der Waals surface area contributed by atoms with Crippen LogP contribution in [0.1, 0.15) is 23.6 Å². The first-order valence-electron chi connectivity index (χ1n) is 8.75. The number of methoxy groups -OCH3 is 1. The van der Waals surface area contributed by atoms with Crippen LogP contribution in [0.15, 0.2) is 48.9 Å². The van der Waals surface area contributed by atoms with E-state index in [1.165, 1.54) is 5.56 Å². The summed E-state index contributed by atoms with van der Waals surface area (Å²) in [5, 5.41) is 7.76. The predicted molar refractivity (Wildman–Crippen MR) is 98.7 cm³/mol. The molecule has 1 atom stereocenters. The zero-order valence-corrected chi connectivity index (χ0v) is 15.0. The van der Waals surface area contributed by atoms with E-state index in [4.69, 9.17) is 9.47 Å². The van der Waals surface area contributed by atoms with Gasteiger partial charge in [0.1, 0.15) is 17.6 Å². The highest BCUT2D eigenvalue weighted by Gasteiger charge is 2.21. The summed E-state index contributed by atoms with van der Waals surface area (Å²) in [6, 6.07) is 10.1. The minimum atomic E-state index is 0.227. The van der Waals surface area contributed by atoms with Crippen LogP contribution in [0.25, 0.3) is 5.82 Å². The Hall–Kier alpha value is -2.86. The van der Waals surface area contributed by atoms with Gasteiger partial charge >= 0.3 is 0 Å². The average Bonchev–Trinajstić information content (AvgIpc) is 3.30. The fourth-order valence-electron chi connectivity index (χ4n) is 3.31. The van der Waals surface area contributed by atoms with Crippen molar-refractivity contribution in [3.8, 4) is 17.3 Å². The van der Waals surface area contributed by atoms with Gasteiger partial charge in [-0.25, -0.2) is 9.67 Å². The number of fused-ring (bicyclic) bond motifs is 1. The van der Waals surface area contributed by atoms with Crippen molar-refractivity contribution in [2.75, 3.05) is 7.11 Å². The van der Waals surface area contributed by atoms with Crippen LogP contribution in [0.5, 0.6) is 11.5 Å². The maximum Gasteiger partial charge on any atom is 0.157 e. The largest absolute Gasteiger partial charge is 0.496 e. The van der Waals surface area contributed by atoms with Gasteiger partial charge < -0.3 is 14.8 Å². The Morgan fingerprint density at radius 1 is 1.23 bits per heavy atom. The first kappa shape index (κ1) is 16.6. The molecule has 134 valence electrons. The molecule has 0 saturated heterocycles. The van der Waals surface area contributed by atoms with Gasteiger partial charge in [-0.3, -0.25) is 0 Å². The van der Waals surface area contributed by atoms with E-state index in [-0.39, 0.29) is 6.10 Å². The maximum atomic E-state index is 5.87. The zero-order valence-electron chi connectivity index (χ0n) is 15.0. The number of rotatable bonds is 6. The third-order valence-electron chi connectivity index (χ3n) is 4.52. The molecule has 1 N–H and O–H groups in total. The first-order chi connectivity index (χ1) is 12.7. The zero-order chi connectivity index (χ0) is 17.9. The van der Waals surface area contributed by atoms with Crippen molar-refractivity contribution < 1.29 is 9.47 Å². The smallest absolute Gasteiger partial charge is 0.157 e. The molecule has 1 aliphatic rings. The summed E-state index contributed by atoms with van der Waals surface area (Å²) in [4.78, 5) is 4.45. The lowest BCUT2D eigenvalue weighted by Gasteiger charge is -2.13. The van der Waals surface area contributed by atoms with Gasteiger partial charge in [-0.2, -0.15) is 5.10 Å². The van der Waals surface area contributed by atoms with Gasteiger partial charge in [0.25, 0.3) is 0 Å². The van der Waals surface area contributed by atoms with Gasteiger partial charge in [0.15, 0.2) is 5.82 Å². The number of benzene rings is 1. The minimum absolute atomic E-state index is 0.227. The molecule has 0 unspecified atom stereocenters. The van der Waals surface area contributed by atoms with Crippen LogP contribution in [0.4, 0.5) is 0 Å². The van der Waals surface area contributed by atoms with Crippen LogP contribution in [0.3, 0.4) is 0 Å². The summed E-state index contributed by atoms with van der Waals surface area (Å²) in [7, 11) is 1.71. The Bertz CT molecular complexity index is 893. The van der Waals surface area contributed by atoms with E-state index < -0.39 is 0 Å². The van der Waals surface area contributed by atoms with Gasteiger partial charge in [-0.15, -0.1) is 0 Å². The molecule has 6 heteroatoms. The molecule has 0 aliphatic carbocycles. The van der Waals surface area contributed by atoms with Crippen molar-refractivity contribution in [1.29, 1.82) is 0 Å². The van der Waals surface area contributed by atoms with Crippen molar-refractivity contribution >= 4 is 0 Å². The molecule has 4 rings (SSSR count). The van der Waals surface area contributed by atoms with Crippen molar-refractivity contribution in [1.82, 2.24) is 20.1 Å². The second-order valence-electron chi connectivity index (χ2n) is 6.44. The summed E-state index contributed by atoms with van der Waals surface area (Å²) < 4.78 is 13.2. The number of pyridine rings is 1. The number of nitrogens with one attached hydrogen (secondary N) is 1. The van der Waals surface area contributed by atoms with E-state index in [0.717, 1.165) is 34.9 Å². The van der Waals surface area contributed by atoms with Gasteiger partial charge in [-0.1, -0.05) is 6.07 Å². The lowest BCUT2D eigenvalue weighted by Crippen LogP contribution is -2.16. The van der Waals surface area contributed by atoms with Crippen LogP contribution in [-0.2, 0) is 19.5 Å². The van der Waals surface area contributed by atoms with Crippen LogP contribution < -0.4 is 14.8 Å². The topological polar surface area (TPSA) is 61.2 Å².